The van der Waals surface area contributed by atoms with Gasteiger partial charge in [0, 0.05) is 11.6 Å². The summed E-state index contributed by atoms with van der Waals surface area (Å²) in [6, 6.07) is 1.37. The van der Waals surface area contributed by atoms with E-state index in [0.29, 0.717) is 22.0 Å². The fraction of sp³-hybridized carbons (Fsp3) is 0.273. The van der Waals surface area contributed by atoms with Gasteiger partial charge >= 0.3 is 0 Å². The molecular formula is C11H9F2N5S. The molecule has 19 heavy (non-hydrogen) atoms. The molecule has 0 saturated carbocycles. The highest BCUT2D eigenvalue weighted by Crippen LogP contribution is 2.27. The van der Waals surface area contributed by atoms with Crippen molar-refractivity contribution >= 4 is 28.4 Å². The zero-order chi connectivity index (χ0) is 13.6. The van der Waals surface area contributed by atoms with Crippen molar-refractivity contribution in [3.05, 3.63) is 23.7 Å². The van der Waals surface area contributed by atoms with Crippen molar-refractivity contribution in [1.29, 1.82) is 0 Å². The first-order valence-electron chi connectivity index (χ1n) is 5.45. The van der Waals surface area contributed by atoms with Crippen molar-refractivity contribution in [2.45, 2.75) is 18.5 Å². The molecule has 0 N–H and O–H groups in total. The Bertz CT molecular complexity index is 770. The van der Waals surface area contributed by atoms with E-state index < -0.39 is 6.43 Å². The van der Waals surface area contributed by atoms with E-state index in [1.807, 2.05) is 6.26 Å². The molecule has 0 amide bonds. The normalized spacial score (nSPS) is 11.8. The lowest BCUT2D eigenvalue weighted by molar-refractivity contribution is 0.152. The van der Waals surface area contributed by atoms with E-state index in [1.165, 1.54) is 28.5 Å². The molecule has 98 valence electrons. The van der Waals surface area contributed by atoms with Gasteiger partial charge in [-0.3, -0.25) is 0 Å². The molecule has 0 bridgehead atoms. The molecular weight excluding hydrogens is 272 g/mol. The third kappa shape index (κ3) is 1.92. The first-order chi connectivity index (χ1) is 9.10. The van der Waals surface area contributed by atoms with E-state index in [0.717, 1.165) is 0 Å². The summed E-state index contributed by atoms with van der Waals surface area (Å²) in [5, 5.41) is 5.21. The van der Waals surface area contributed by atoms with Gasteiger partial charge in [0.25, 0.3) is 6.43 Å². The molecule has 3 rings (SSSR count). The van der Waals surface area contributed by atoms with Gasteiger partial charge in [-0.25, -0.2) is 23.7 Å². The summed E-state index contributed by atoms with van der Waals surface area (Å²) in [4.78, 5) is 12.4. The largest absolute Gasteiger partial charge is 0.267 e. The summed E-state index contributed by atoms with van der Waals surface area (Å²) in [6.45, 7) is 1.66. The van der Waals surface area contributed by atoms with Crippen LogP contribution in [0.3, 0.4) is 0 Å². The van der Waals surface area contributed by atoms with Gasteiger partial charge in [0.2, 0.25) is 0 Å². The Hall–Kier alpha value is -1.83. The topological polar surface area (TPSA) is 56.0 Å². The number of rotatable bonds is 2. The number of fused-ring (bicyclic) bond motifs is 3. The van der Waals surface area contributed by atoms with Gasteiger partial charge in [0.05, 0.1) is 5.56 Å². The summed E-state index contributed by atoms with van der Waals surface area (Å²) in [6.07, 6.45) is 0.755. The van der Waals surface area contributed by atoms with E-state index in [-0.39, 0.29) is 11.2 Å². The second-order valence-electron chi connectivity index (χ2n) is 3.93. The Morgan fingerprint density at radius 3 is 2.74 bits per heavy atom. The van der Waals surface area contributed by atoms with E-state index in [9.17, 15) is 8.78 Å². The average Bonchev–Trinajstić information content (AvgIpc) is 2.78. The molecule has 0 spiro atoms. The molecule has 0 saturated heterocycles. The lowest BCUT2D eigenvalue weighted by atomic mass is 10.2. The Morgan fingerprint density at radius 2 is 2.05 bits per heavy atom. The van der Waals surface area contributed by atoms with Crippen LogP contribution in [-0.4, -0.2) is 30.8 Å². The lowest BCUT2D eigenvalue weighted by Gasteiger charge is -2.05. The quantitative estimate of drug-likeness (QED) is 0.534. The van der Waals surface area contributed by atoms with Crippen molar-refractivity contribution in [2.75, 3.05) is 6.26 Å². The van der Waals surface area contributed by atoms with Crippen LogP contribution in [0.1, 0.15) is 17.8 Å². The standard InChI is InChI=1S/C11H9F2N5S/c1-5-15-10-7(8(12)13)3-6-4-14-11(19-2)16-9(6)18(10)17-5/h3-4,8H,1-2H3. The zero-order valence-corrected chi connectivity index (χ0v) is 10.9. The summed E-state index contributed by atoms with van der Waals surface area (Å²) >= 11 is 1.38. The van der Waals surface area contributed by atoms with Crippen molar-refractivity contribution < 1.29 is 8.78 Å². The van der Waals surface area contributed by atoms with Crippen molar-refractivity contribution in [2.24, 2.45) is 0 Å². The van der Waals surface area contributed by atoms with Crippen LogP contribution in [0.2, 0.25) is 0 Å². The maximum atomic E-state index is 13.1. The van der Waals surface area contributed by atoms with Gasteiger partial charge in [0.15, 0.2) is 16.5 Å². The Kier molecular flexibility index (Phi) is 2.81. The smallest absolute Gasteiger partial charge is 0.230 e. The Morgan fingerprint density at radius 1 is 1.26 bits per heavy atom. The molecule has 0 aliphatic carbocycles. The molecule has 0 aliphatic heterocycles. The maximum absolute atomic E-state index is 13.1. The third-order valence-corrected chi connectivity index (χ3v) is 3.24. The predicted octanol–water partition coefficient (Wildman–Crippen LogP) is 2.64. The number of halogens is 2. The summed E-state index contributed by atoms with van der Waals surface area (Å²) < 4.78 is 27.5. The van der Waals surface area contributed by atoms with Crippen LogP contribution in [0.15, 0.2) is 17.4 Å². The van der Waals surface area contributed by atoms with Crippen LogP contribution >= 0.6 is 11.8 Å². The minimum atomic E-state index is -2.62. The lowest BCUT2D eigenvalue weighted by Crippen LogP contribution is -2.00. The second kappa shape index (κ2) is 4.37. The van der Waals surface area contributed by atoms with E-state index in [1.54, 1.807) is 6.92 Å². The van der Waals surface area contributed by atoms with Crippen LogP contribution in [0.5, 0.6) is 0 Å². The highest BCUT2D eigenvalue weighted by atomic mass is 32.2. The van der Waals surface area contributed by atoms with Crippen LogP contribution in [0.25, 0.3) is 16.7 Å². The summed E-state index contributed by atoms with van der Waals surface area (Å²) in [5.41, 5.74) is 0.471. The maximum Gasteiger partial charge on any atom is 0.267 e. The number of pyridine rings is 1. The summed E-state index contributed by atoms with van der Waals surface area (Å²) in [7, 11) is 0. The van der Waals surface area contributed by atoms with Gasteiger partial charge in [0.1, 0.15) is 5.82 Å². The highest BCUT2D eigenvalue weighted by Gasteiger charge is 2.18. The van der Waals surface area contributed by atoms with Crippen LogP contribution in [-0.2, 0) is 0 Å². The van der Waals surface area contributed by atoms with Crippen LogP contribution < -0.4 is 0 Å². The molecule has 0 radical (unpaired) electrons. The van der Waals surface area contributed by atoms with Crippen molar-refractivity contribution in [3.8, 4) is 0 Å². The zero-order valence-electron chi connectivity index (χ0n) is 10.1. The Labute approximate surface area is 111 Å². The van der Waals surface area contributed by atoms with Crippen molar-refractivity contribution in [1.82, 2.24) is 24.6 Å². The molecule has 3 heterocycles. The molecule has 0 aromatic carbocycles. The minimum absolute atomic E-state index is 0.144. The molecule has 0 atom stereocenters. The van der Waals surface area contributed by atoms with Gasteiger partial charge in [-0.15, -0.1) is 5.10 Å². The number of aryl methyl sites for hydroxylation is 1. The molecule has 3 aromatic rings. The fourth-order valence-corrected chi connectivity index (χ4v) is 2.21. The number of alkyl halides is 2. The molecule has 5 nitrogen and oxygen atoms in total. The van der Waals surface area contributed by atoms with Gasteiger partial charge < -0.3 is 0 Å². The van der Waals surface area contributed by atoms with Gasteiger partial charge in [-0.2, -0.15) is 4.52 Å². The third-order valence-electron chi connectivity index (χ3n) is 2.67. The SMILES string of the molecule is CSc1ncc2cc(C(F)F)c3nc(C)nn3c2n1. The van der Waals surface area contributed by atoms with E-state index in [4.69, 9.17) is 0 Å². The molecule has 0 aliphatic rings. The predicted molar refractivity (Wildman–Crippen MR) is 67.6 cm³/mol. The van der Waals surface area contributed by atoms with E-state index in [2.05, 4.69) is 20.1 Å². The van der Waals surface area contributed by atoms with Gasteiger partial charge in [-0.05, 0) is 19.2 Å². The van der Waals surface area contributed by atoms with Crippen LogP contribution in [0.4, 0.5) is 8.78 Å². The van der Waals surface area contributed by atoms with Gasteiger partial charge in [-0.1, -0.05) is 11.8 Å². The number of hydrogen-bond acceptors (Lipinski definition) is 5. The second-order valence-corrected chi connectivity index (χ2v) is 4.70. The molecule has 0 fully saturated rings. The molecule has 8 heteroatoms. The molecule has 3 aromatic heterocycles. The number of hydrogen-bond donors (Lipinski definition) is 0. The first kappa shape index (κ1) is 12.2. The molecule has 0 unspecified atom stereocenters. The highest BCUT2D eigenvalue weighted by molar-refractivity contribution is 7.98. The monoisotopic (exact) mass is 281 g/mol. The first-order valence-corrected chi connectivity index (χ1v) is 6.68. The number of aromatic nitrogens is 5. The van der Waals surface area contributed by atoms with E-state index >= 15 is 0 Å². The average molecular weight is 281 g/mol. The number of nitrogens with zero attached hydrogens (tertiary/aromatic N) is 5. The summed E-state index contributed by atoms with van der Waals surface area (Å²) in [5.74, 6) is 0.429. The Balaban J connectivity index is 2.46. The van der Waals surface area contributed by atoms with Crippen molar-refractivity contribution in [3.63, 3.8) is 0 Å². The van der Waals surface area contributed by atoms with Crippen LogP contribution in [0, 0.1) is 6.92 Å². The minimum Gasteiger partial charge on any atom is -0.230 e. The fourth-order valence-electron chi connectivity index (χ4n) is 1.88. The number of thioether (sulfide) groups is 1.